The number of hydrogen-bond acceptors (Lipinski definition) is 4. The fourth-order valence-corrected chi connectivity index (χ4v) is 5.26. The largest absolute Gasteiger partial charge is 0.339 e. The number of nitrogens with one attached hydrogen (secondary N) is 2. The molecule has 1 aliphatic rings. The average Bonchev–Trinajstić information content (AvgIpc) is 3.16. The van der Waals surface area contributed by atoms with Crippen molar-refractivity contribution in [3.8, 4) is 0 Å². The zero-order chi connectivity index (χ0) is 20.9. The Morgan fingerprint density at radius 2 is 2.10 bits per heavy atom. The van der Waals surface area contributed by atoms with Crippen molar-refractivity contribution in [2.45, 2.75) is 42.7 Å². The molecule has 0 saturated carbocycles. The van der Waals surface area contributed by atoms with Gasteiger partial charge in [-0.25, -0.2) is 4.98 Å². The summed E-state index contributed by atoms with van der Waals surface area (Å²) in [5, 5.41) is 5.38. The summed E-state index contributed by atoms with van der Waals surface area (Å²) in [6.07, 6.45) is 8.18. The lowest BCUT2D eigenvalue weighted by molar-refractivity contribution is 0.409. The maximum atomic E-state index is 6.24. The van der Waals surface area contributed by atoms with Crippen LogP contribution in [0.3, 0.4) is 0 Å². The third-order valence-electron chi connectivity index (χ3n) is 5.91. The number of aryl methyl sites for hydroxylation is 2. The second-order valence-electron chi connectivity index (χ2n) is 8.03. The van der Waals surface area contributed by atoms with Gasteiger partial charge in [0.25, 0.3) is 0 Å². The Labute approximate surface area is 188 Å². The summed E-state index contributed by atoms with van der Waals surface area (Å²) in [5.74, 6) is 0.466. The van der Waals surface area contributed by atoms with Crippen LogP contribution in [-0.2, 0) is 26.3 Å². The standard InChI is InChI=1S/C24H29ClN4S/c1-26-23-9-8-19-7-6-17(10-11-28-30-24-15-29(2)16-27-24)13-21(19)22(23)14-18-4-3-5-20(25)12-18/h3-7,12-13,15-16,22-23,26,28H,8-11,14H2,1-2H3. The van der Waals surface area contributed by atoms with Gasteiger partial charge in [0.15, 0.2) is 0 Å². The lowest BCUT2D eigenvalue weighted by Gasteiger charge is -2.34. The topological polar surface area (TPSA) is 41.9 Å². The van der Waals surface area contributed by atoms with Gasteiger partial charge in [0.05, 0.1) is 6.33 Å². The Bertz CT molecular complexity index is 987. The molecule has 0 saturated heterocycles. The molecule has 1 aromatic heterocycles. The van der Waals surface area contributed by atoms with Crippen molar-refractivity contribution in [1.29, 1.82) is 0 Å². The number of likely N-dealkylation sites (N-methyl/N-ethyl adjacent to an activating group) is 1. The van der Waals surface area contributed by atoms with Gasteiger partial charge in [-0.2, -0.15) is 0 Å². The molecule has 0 aliphatic heterocycles. The lowest BCUT2D eigenvalue weighted by Crippen LogP contribution is -2.37. The number of rotatable bonds is 8. The molecular formula is C24H29ClN4S. The lowest BCUT2D eigenvalue weighted by atomic mass is 9.75. The SMILES string of the molecule is CNC1CCc2ccc(CCNSc3cn(C)cn3)cc2C1Cc1cccc(Cl)c1. The molecule has 2 aromatic carbocycles. The highest BCUT2D eigenvalue weighted by Gasteiger charge is 2.29. The molecule has 4 rings (SSSR count). The Balaban J connectivity index is 1.45. The summed E-state index contributed by atoms with van der Waals surface area (Å²) in [6.45, 7) is 0.911. The maximum Gasteiger partial charge on any atom is 0.129 e. The van der Waals surface area contributed by atoms with E-state index in [0.29, 0.717) is 12.0 Å². The summed E-state index contributed by atoms with van der Waals surface area (Å²) < 4.78 is 5.40. The van der Waals surface area contributed by atoms with E-state index in [2.05, 4.69) is 58.5 Å². The molecule has 3 aromatic rings. The Morgan fingerprint density at radius 3 is 2.87 bits per heavy atom. The second-order valence-corrected chi connectivity index (χ2v) is 9.38. The van der Waals surface area contributed by atoms with E-state index in [0.717, 1.165) is 35.9 Å². The molecule has 1 aliphatic carbocycles. The van der Waals surface area contributed by atoms with Crippen molar-refractivity contribution >= 4 is 23.5 Å². The van der Waals surface area contributed by atoms with Gasteiger partial charge in [0.2, 0.25) is 0 Å². The number of benzene rings is 2. The number of halogens is 1. The third-order valence-corrected chi connectivity index (χ3v) is 6.91. The maximum absolute atomic E-state index is 6.24. The van der Waals surface area contributed by atoms with Crippen molar-refractivity contribution in [1.82, 2.24) is 19.6 Å². The van der Waals surface area contributed by atoms with Crippen LogP contribution in [0.15, 0.2) is 60.0 Å². The van der Waals surface area contributed by atoms with Crippen LogP contribution >= 0.6 is 23.5 Å². The highest BCUT2D eigenvalue weighted by Crippen LogP contribution is 2.35. The first-order valence-corrected chi connectivity index (χ1v) is 11.7. The third kappa shape index (κ3) is 5.27. The Hall–Kier alpha value is -1.79. The van der Waals surface area contributed by atoms with E-state index < -0.39 is 0 Å². The van der Waals surface area contributed by atoms with E-state index in [1.54, 1.807) is 11.9 Å². The number of aromatic nitrogens is 2. The quantitative estimate of drug-likeness (QED) is 0.391. The molecule has 4 nitrogen and oxygen atoms in total. The van der Waals surface area contributed by atoms with Crippen LogP contribution in [-0.4, -0.2) is 29.2 Å². The van der Waals surface area contributed by atoms with E-state index >= 15 is 0 Å². The van der Waals surface area contributed by atoms with Crippen molar-refractivity contribution in [2.24, 2.45) is 7.05 Å². The minimum absolute atomic E-state index is 0.466. The Morgan fingerprint density at radius 1 is 1.20 bits per heavy atom. The number of fused-ring (bicyclic) bond motifs is 1. The van der Waals surface area contributed by atoms with Crippen LogP contribution < -0.4 is 10.0 Å². The van der Waals surface area contributed by atoms with E-state index in [1.165, 1.54) is 28.7 Å². The van der Waals surface area contributed by atoms with Crippen LogP contribution in [0.25, 0.3) is 0 Å². The molecule has 0 fully saturated rings. The molecule has 158 valence electrons. The zero-order valence-corrected chi connectivity index (χ0v) is 19.1. The van der Waals surface area contributed by atoms with E-state index in [1.807, 2.05) is 30.2 Å². The summed E-state index contributed by atoms with van der Waals surface area (Å²) in [7, 11) is 4.08. The van der Waals surface area contributed by atoms with Crippen LogP contribution in [0, 0.1) is 0 Å². The van der Waals surface area contributed by atoms with Crippen molar-refractivity contribution in [3.05, 3.63) is 82.3 Å². The van der Waals surface area contributed by atoms with E-state index in [-0.39, 0.29) is 0 Å². The minimum atomic E-state index is 0.466. The fourth-order valence-electron chi connectivity index (χ4n) is 4.38. The molecule has 2 unspecified atom stereocenters. The van der Waals surface area contributed by atoms with Crippen molar-refractivity contribution in [3.63, 3.8) is 0 Å². The summed E-state index contributed by atoms with van der Waals surface area (Å²) in [6, 6.07) is 15.8. The number of hydrogen-bond donors (Lipinski definition) is 2. The first-order valence-electron chi connectivity index (χ1n) is 10.5. The van der Waals surface area contributed by atoms with Crippen LogP contribution in [0.4, 0.5) is 0 Å². The summed E-state index contributed by atoms with van der Waals surface area (Å²) >= 11 is 7.84. The molecule has 6 heteroatoms. The monoisotopic (exact) mass is 440 g/mol. The highest BCUT2D eigenvalue weighted by atomic mass is 35.5. The molecule has 0 amide bonds. The van der Waals surface area contributed by atoms with E-state index in [4.69, 9.17) is 11.6 Å². The van der Waals surface area contributed by atoms with Crippen LogP contribution in [0.5, 0.6) is 0 Å². The van der Waals surface area contributed by atoms with Crippen molar-refractivity contribution < 1.29 is 0 Å². The van der Waals surface area contributed by atoms with Gasteiger partial charge in [0, 0.05) is 36.8 Å². The van der Waals surface area contributed by atoms with Gasteiger partial charge in [-0.05, 0) is 79.1 Å². The highest BCUT2D eigenvalue weighted by molar-refractivity contribution is 7.97. The number of imidazole rings is 1. The first kappa shape index (κ1) is 21.4. The smallest absolute Gasteiger partial charge is 0.129 e. The van der Waals surface area contributed by atoms with Gasteiger partial charge in [0.1, 0.15) is 5.03 Å². The van der Waals surface area contributed by atoms with Crippen LogP contribution in [0.2, 0.25) is 5.02 Å². The normalized spacial score (nSPS) is 18.4. The predicted molar refractivity (Wildman–Crippen MR) is 126 cm³/mol. The molecule has 2 N–H and O–H groups in total. The van der Waals surface area contributed by atoms with Crippen LogP contribution in [0.1, 0.15) is 34.6 Å². The molecule has 0 radical (unpaired) electrons. The minimum Gasteiger partial charge on any atom is -0.339 e. The molecular weight excluding hydrogens is 412 g/mol. The number of nitrogens with zero attached hydrogens (tertiary/aromatic N) is 2. The Kier molecular flexibility index (Phi) is 7.16. The van der Waals surface area contributed by atoms with Gasteiger partial charge < -0.3 is 9.88 Å². The molecule has 1 heterocycles. The van der Waals surface area contributed by atoms with Gasteiger partial charge in [-0.15, -0.1) is 0 Å². The molecule has 0 bridgehead atoms. The average molecular weight is 441 g/mol. The summed E-state index contributed by atoms with van der Waals surface area (Å²) in [4.78, 5) is 4.34. The van der Waals surface area contributed by atoms with Gasteiger partial charge in [-0.1, -0.05) is 41.9 Å². The van der Waals surface area contributed by atoms with Crippen molar-refractivity contribution in [2.75, 3.05) is 13.6 Å². The van der Waals surface area contributed by atoms with Gasteiger partial charge in [-0.3, -0.25) is 4.72 Å². The molecule has 0 spiro atoms. The van der Waals surface area contributed by atoms with E-state index in [9.17, 15) is 0 Å². The zero-order valence-electron chi connectivity index (χ0n) is 17.6. The fraction of sp³-hybridized carbons (Fsp3) is 0.375. The predicted octanol–water partition coefficient (Wildman–Crippen LogP) is 4.77. The molecule has 2 atom stereocenters. The summed E-state index contributed by atoms with van der Waals surface area (Å²) in [5.41, 5.74) is 5.68. The second kappa shape index (κ2) is 10.0. The first-order chi connectivity index (χ1) is 14.6. The van der Waals surface area contributed by atoms with Gasteiger partial charge >= 0.3 is 0 Å². The molecule has 30 heavy (non-hydrogen) atoms.